The Labute approximate surface area is 113 Å². The third-order valence-corrected chi connectivity index (χ3v) is 2.56. The molecule has 19 heavy (non-hydrogen) atoms. The van der Waals surface area contributed by atoms with E-state index in [1.807, 2.05) is 26.8 Å². The summed E-state index contributed by atoms with van der Waals surface area (Å²) in [6.07, 6.45) is 0.143. The van der Waals surface area contributed by atoms with E-state index in [1.165, 1.54) is 0 Å². The van der Waals surface area contributed by atoms with Crippen LogP contribution in [0, 0.1) is 6.92 Å². The summed E-state index contributed by atoms with van der Waals surface area (Å²) in [5.41, 5.74) is 0.869. The number of hydrogen-bond acceptors (Lipinski definition) is 6. The van der Waals surface area contributed by atoms with Crippen LogP contribution in [0.4, 0.5) is 5.95 Å². The van der Waals surface area contributed by atoms with Crippen LogP contribution < -0.4 is 10.1 Å². The first kappa shape index (κ1) is 14.0. The summed E-state index contributed by atoms with van der Waals surface area (Å²) in [4.78, 5) is 8.64. The Hall–Kier alpha value is -1.40. The monoisotopic (exact) mass is 267 g/mol. The van der Waals surface area contributed by atoms with Crippen molar-refractivity contribution in [1.29, 1.82) is 0 Å². The van der Waals surface area contributed by atoms with E-state index in [4.69, 9.17) is 14.2 Å². The van der Waals surface area contributed by atoms with Crippen molar-refractivity contribution in [2.45, 2.75) is 33.0 Å². The molecule has 1 aliphatic heterocycles. The molecule has 6 nitrogen and oxygen atoms in total. The standard InChI is InChI=1S/C13H21N3O3/c1-9(2)19-12-6-10(3)15-13(16-12)14-7-11-8-17-4-5-18-11/h6,9,11H,4-5,7-8H2,1-3H3,(H,14,15,16). The molecule has 0 aliphatic carbocycles. The predicted octanol–water partition coefficient (Wildman–Crippen LogP) is 1.40. The lowest BCUT2D eigenvalue weighted by Gasteiger charge is -2.23. The number of nitrogens with zero attached hydrogens (tertiary/aromatic N) is 2. The number of ether oxygens (including phenoxy) is 3. The van der Waals surface area contributed by atoms with E-state index in [1.54, 1.807) is 0 Å². The number of nitrogens with one attached hydrogen (secondary N) is 1. The van der Waals surface area contributed by atoms with Crippen molar-refractivity contribution in [2.24, 2.45) is 0 Å². The predicted molar refractivity (Wildman–Crippen MR) is 71.6 cm³/mol. The number of aromatic nitrogens is 2. The molecule has 1 aromatic rings. The van der Waals surface area contributed by atoms with Crippen molar-refractivity contribution < 1.29 is 14.2 Å². The molecular weight excluding hydrogens is 246 g/mol. The summed E-state index contributed by atoms with van der Waals surface area (Å²) in [6, 6.07) is 1.82. The quantitative estimate of drug-likeness (QED) is 0.870. The van der Waals surface area contributed by atoms with E-state index in [2.05, 4.69) is 15.3 Å². The Balaban J connectivity index is 1.93. The largest absolute Gasteiger partial charge is 0.475 e. The van der Waals surface area contributed by atoms with E-state index in [9.17, 15) is 0 Å². The summed E-state index contributed by atoms with van der Waals surface area (Å²) in [5, 5.41) is 3.16. The van der Waals surface area contributed by atoms with Gasteiger partial charge in [0, 0.05) is 18.3 Å². The Morgan fingerprint density at radius 3 is 2.95 bits per heavy atom. The van der Waals surface area contributed by atoms with Gasteiger partial charge in [0.15, 0.2) is 0 Å². The van der Waals surface area contributed by atoms with Crippen LogP contribution in [-0.4, -0.2) is 48.5 Å². The van der Waals surface area contributed by atoms with Gasteiger partial charge in [-0.05, 0) is 20.8 Å². The molecule has 0 radical (unpaired) electrons. The van der Waals surface area contributed by atoms with Crippen molar-refractivity contribution in [3.05, 3.63) is 11.8 Å². The highest BCUT2D eigenvalue weighted by atomic mass is 16.6. The lowest BCUT2D eigenvalue weighted by molar-refractivity contribution is -0.0819. The molecule has 0 bridgehead atoms. The fraction of sp³-hybridized carbons (Fsp3) is 0.692. The van der Waals surface area contributed by atoms with Crippen LogP contribution in [-0.2, 0) is 9.47 Å². The van der Waals surface area contributed by atoms with Gasteiger partial charge in [-0.3, -0.25) is 0 Å². The maximum Gasteiger partial charge on any atom is 0.226 e. The second-order valence-electron chi connectivity index (χ2n) is 4.79. The minimum atomic E-state index is 0.0485. The van der Waals surface area contributed by atoms with Crippen LogP contribution in [0.15, 0.2) is 6.07 Å². The molecule has 0 saturated carbocycles. The summed E-state index contributed by atoms with van der Waals surface area (Å²) in [7, 11) is 0. The molecule has 0 spiro atoms. The minimum Gasteiger partial charge on any atom is -0.475 e. The third-order valence-electron chi connectivity index (χ3n) is 2.56. The van der Waals surface area contributed by atoms with Crippen molar-refractivity contribution >= 4 is 5.95 Å². The Bertz CT molecular complexity index is 406. The lowest BCUT2D eigenvalue weighted by Crippen LogP contribution is -2.34. The summed E-state index contributed by atoms with van der Waals surface area (Å²) >= 11 is 0. The molecule has 0 amide bonds. The maximum atomic E-state index is 5.58. The van der Waals surface area contributed by atoms with Crippen LogP contribution in [0.3, 0.4) is 0 Å². The van der Waals surface area contributed by atoms with Crippen LogP contribution in [0.1, 0.15) is 19.5 Å². The average Bonchev–Trinajstić information content (AvgIpc) is 2.36. The van der Waals surface area contributed by atoms with Gasteiger partial charge in [0.1, 0.15) is 0 Å². The molecule has 1 unspecified atom stereocenters. The molecule has 1 saturated heterocycles. The zero-order valence-electron chi connectivity index (χ0n) is 11.7. The van der Waals surface area contributed by atoms with Crippen molar-refractivity contribution in [3.8, 4) is 5.88 Å². The molecule has 2 rings (SSSR count). The van der Waals surface area contributed by atoms with Gasteiger partial charge >= 0.3 is 0 Å². The number of aryl methyl sites for hydroxylation is 1. The van der Waals surface area contributed by atoms with Gasteiger partial charge < -0.3 is 19.5 Å². The molecule has 1 aliphatic rings. The second-order valence-corrected chi connectivity index (χ2v) is 4.79. The van der Waals surface area contributed by atoms with Gasteiger partial charge in [0.2, 0.25) is 11.8 Å². The van der Waals surface area contributed by atoms with Gasteiger partial charge in [-0.1, -0.05) is 0 Å². The molecular formula is C13H21N3O3. The third kappa shape index (κ3) is 4.65. The number of rotatable bonds is 5. The average molecular weight is 267 g/mol. The Kier molecular flexibility index (Phi) is 4.93. The normalized spacial score (nSPS) is 19.5. The fourth-order valence-electron chi connectivity index (χ4n) is 1.78. The van der Waals surface area contributed by atoms with Crippen LogP contribution in [0.5, 0.6) is 5.88 Å². The van der Waals surface area contributed by atoms with E-state index in [-0.39, 0.29) is 12.2 Å². The summed E-state index contributed by atoms with van der Waals surface area (Å²) in [5.74, 6) is 1.15. The van der Waals surface area contributed by atoms with E-state index in [0.717, 1.165) is 5.69 Å². The van der Waals surface area contributed by atoms with E-state index in [0.29, 0.717) is 38.2 Å². The zero-order valence-corrected chi connectivity index (χ0v) is 11.7. The fourth-order valence-corrected chi connectivity index (χ4v) is 1.78. The van der Waals surface area contributed by atoms with Crippen LogP contribution in [0.2, 0.25) is 0 Å². The highest BCUT2D eigenvalue weighted by Gasteiger charge is 2.14. The lowest BCUT2D eigenvalue weighted by atomic mass is 10.3. The minimum absolute atomic E-state index is 0.0485. The van der Waals surface area contributed by atoms with E-state index < -0.39 is 0 Å². The first-order chi connectivity index (χ1) is 9.13. The Morgan fingerprint density at radius 1 is 1.42 bits per heavy atom. The number of hydrogen-bond donors (Lipinski definition) is 1. The molecule has 1 N–H and O–H groups in total. The molecule has 0 aromatic carbocycles. The van der Waals surface area contributed by atoms with Crippen molar-refractivity contribution in [2.75, 3.05) is 31.7 Å². The topological polar surface area (TPSA) is 65.5 Å². The summed E-state index contributed by atoms with van der Waals surface area (Å²) in [6.45, 7) is 8.40. The molecule has 1 atom stereocenters. The molecule has 1 aromatic heterocycles. The number of anilines is 1. The molecule has 1 fully saturated rings. The van der Waals surface area contributed by atoms with Gasteiger partial charge in [0.05, 0.1) is 32.0 Å². The highest BCUT2D eigenvalue weighted by molar-refractivity contribution is 5.30. The molecule has 6 heteroatoms. The van der Waals surface area contributed by atoms with Gasteiger partial charge in [-0.2, -0.15) is 4.98 Å². The van der Waals surface area contributed by atoms with Crippen molar-refractivity contribution in [3.63, 3.8) is 0 Å². The SMILES string of the molecule is Cc1cc(OC(C)C)nc(NCC2COCCO2)n1. The van der Waals surface area contributed by atoms with Crippen LogP contribution in [0.25, 0.3) is 0 Å². The summed E-state index contributed by atoms with van der Waals surface area (Å²) < 4.78 is 16.5. The van der Waals surface area contributed by atoms with Gasteiger partial charge in [0.25, 0.3) is 0 Å². The van der Waals surface area contributed by atoms with Gasteiger partial charge in [-0.15, -0.1) is 0 Å². The molecule has 2 heterocycles. The highest BCUT2D eigenvalue weighted by Crippen LogP contribution is 2.13. The van der Waals surface area contributed by atoms with Crippen molar-refractivity contribution in [1.82, 2.24) is 9.97 Å². The molecule has 106 valence electrons. The smallest absolute Gasteiger partial charge is 0.226 e. The Morgan fingerprint density at radius 2 is 2.26 bits per heavy atom. The zero-order chi connectivity index (χ0) is 13.7. The first-order valence-corrected chi connectivity index (χ1v) is 6.59. The maximum absolute atomic E-state index is 5.58. The van der Waals surface area contributed by atoms with Crippen LogP contribution >= 0.6 is 0 Å². The first-order valence-electron chi connectivity index (χ1n) is 6.59. The van der Waals surface area contributed by atoms with E-state index >= 15 is 0 Å². The second kappa shape index (κ2) is 6.68. The van der Waals surface area contributed by atoms with Gasteiger partial charge in [-0.25, -0.2) is 4.98 Å².